The zero-order valence-corrected chi connectivity index (χ0v) is 17.6. The van der Waals surface area contributed by atoms with E-state index in [0.717, 1.165) is 37.5 Å². The highest BCUT2D eigenvalue weighted by molar-refractivity contribution is 5.99. The van der Waals surface area contributed by atoms with E-state index in [1.54, 1.807) is 6.20 Å². The van der Waals surface area contributed by atoms with Gasteiger partial charge in [-0.05, 0) is 63.4 Å². The van der Waals surface area contributed by atoms with Crippen LogP contribution < -0.4 is 15.0 Å². The zero-order valence-electron chi connectivity index (χ0n) is 17.6. The number of hydrogen-bond acceptors (Lipinski definition) is 5. The van der Waals surface area contributed by atoms with Gasteiger partial charge in [-0.1, -0.05) is 12.1 Å². The Hall–Kier alpha value is -2.60. The molecule has 2 heterocycles. The quantitative estimate of drug-likeness (QED) is 0.739. The summed E-state index contributed by atoms with van der Waals surface area (Å²) in [6.07, 6.45) is 3.67. The summed E-state index contributed by atoms with van der Waals surface area (Å²) in [4.78, 5) is 19.4. The van der Waals surface area contributed by atoms with Gasteiger partial charge in [0.05, 0.1) is 24.9 Å². The Morgan fingerprint density at radius 1 is 1.17 bits per heavy atom. The number of carbonyl (C=O) groups excluding carboxylic acids is 1. The van der Waals surface area contributed by atoms with Gasteiger partial charge in [0.25, 0.3) is 5.91 Å². The first-order valence-electron chi connectivity index (χ1n) is 10.4. The number of anilines is 1. The molecule has 1 aliphatic rings. The fraction of sp³-hybridized carbons (Fsp3) is 0.478. The fourth-order valence-electron chi connectivity index (χ4n) is 3.37. The molecule has 1 unspecified atom stereocenters. The lowest BCUT2D eigenvalue weighted by Crippen LogP contribution is -2.39. The van der Waals surface area contributed by atoms with E-state index in [-0.39, 0.29) is 18.1 Å². The van der Waals surface area contributed by atoms with Crippen molar-refractivity contribution in [3.63, 3.8) is 0 Å². The lowest BCUT2D eigenvalue weighted by atomic mass is 10.1. The van der Waals surface area contributed by atoms with Crippen molar-refractivity contribution < 1.29 is 14.3 Å². The van der Waals surface area contributed by atoms with Crippen molar-refractivity contribution >= 4 is 11.7 Å². The molecule has 1 aliphatic heterocycles. The molecule has 6 nitrogen and oxygen atoms in total. The monoisotopic (exact) mass is 397 g/mol. The number of nitrogens with zero attached hydrogens (tertiary/aromatic N) is 2. The lowest BCUT2D eigenvalue weighted by Gasteiger charge is -2.29. The third kappa shape index (κ3) is 6.19. The van der Waals surface area contributed by atoms with E-state index in [1.165, 1.54) is 5.56 Å². The van der Waals surface area contributed by atoms with Crippen LogP contribution in [0, 0.1) is 0 Å². The van der Waals surface area contributed by atoms with Crippen molar-refractivity contribution in [3.05, 3.63) is 53.7 Å². The van der Waals surface area contributed by atoms with Gasteiger partial charge in [0.1, 0.15) is 11.6 Å². The number of aromatic nitrogens is 1. The minimum absolute atomic E-state index is 0.0619. The van der Waals surface area contributed by atoms with Crippen LogP contribution in [-0.4, -0.2) is 49.3 Å². The molecule has 1 atom stereocenters. The molecular weight excluding hydrogens is 366 g/mol. The zero-order chi connectivity index (χ0) is 20.6. The maximum Gasteiger partial charge on any atom is 0.255 e. The van der Waals surface area contributed by atoms with Crippen LogP contribution in [0.4, 0.5) is 5.82 Å². The Kier molecular flexibility index (Phi) is 7.47. The number of aryl methyl sites for hydroxylation is 1. The molecule has 1 saturated heterocycles. The second-order valence-electron chi connectivity index (χ2n) is 7.70. The Balaban J connectivity index is 1.54. The number of nitrogens with one attached hydrogen (secondary N) is 1. The Labute approximate surface area is 173 Å². The molecule has 0 bridgehead atoms. The molecule has 6 heteroatoms. The van der Waals surface area contributed by atoms with Crippen LogP contribution in [0.5, 0.6) is 5.75 Å². The summed E-state index contributed by atoms with van der Waals surface area (Å²) in [5.74, 6) is 1.55. The van der Waals surface area contributed by atoms with Crippen molar-refractivity contribution in [1.29, 1.82) is 0 Å². The molecule has 1 aromatic heterocycles. The van der Waals surface area contributed by atoms with E-state index in [2.05, 4.69) is 27.3 Å². The standard InChI is InChI=1S/C23H31N3O3/c1-17(2)29-20-10-8-19(9-11-20)7-6-18(3)25-23(27)21-5-4-12-24-22(21)26-13-15-28-16-14-26/h4-5,8-12,17-18H,6-7,13-16H2,1-3H3,(H,25,27). The molecule has 1 fully saturated rings. The smallest absolute Gasteiger partial charge is 0.255 e. The van der Waals surface area contributed by atoms with Gasteiger partial charge in [-0.2, -0.15) is 0 Å². The van der Waals surface area contributed by atoms with Crippen LogP contribution in [0.15, 0.2) is 42.6 Å². The largest absolute Gasteiger partial charge is 0.491 e. The van der Waals surface area contributed by atoms with Crippen LogP contribution in [0.1, 0.15) is 43.1 Å². The number of pyridine rings is 1. The van der Waals surface area contributed by atoms with Gasteiger partial charge in [0, 0.05) is 25.3 Å². The molecule has 1 aromatic carbocycles. The minimum Gasteiger partial charge on any atom is -0.491 e. The van der Waals surface area contributed by atoms with Crippen molar-refractivity contribution in [1.82, 2.24) is 10.3 Å². The van der Waals surface area contributed by atoms with E-state index in [0.29, 0.717) is 18.8 Å². The summed E-state index contributed by atoms with van der Waals surface area (Å²) in [5, 5.41) is 3.12. The van der Waals surface area contributed by atoms with Crippen molar-refractivity contribution in [3.8, 4) is 5.75 Å². The van der Waals surface area contributed by atoms with Gasteiger partial charge in [0.15, 0.2) is 0 Å². The van der Waals surface area contributed by atoms with Crippen molar-refractivity contribution in [2.24, 2.45) is 0 Å². The molecule has 0 aliphatic carbocycles. The van der Waals surface area contributed by atoms with Gasteiger partial charge in [0.2, 0.25) is 0 Å². The number of amides is 1. The molecule has 0 spiro atoms. The van der Waals surface area contributed by atoms with Crippen LogP contribution in [0.2, 0.25) is 0 Å². The summed E-state index contributed by atoms with van der Waals surface area (Å²) in [7, 11) is 0. The number of morpholine rings is 1. The van der Waals surface area contributed by atoms with Crippen LogP contribution in [-0.2, 0) is 11.2 Å². The number of benzene rings is 1. The minimum atomic E-state index is -0.0761. The van der Waals surface area contributed by atoms with Gasteiger partial charge < -0.3 is 19.7 Å². The Morgan fingerprint density at radius 3 is 2.59 bits per heavy atom. The van der Waals surface area contributed by atoms with E-state index < -0.39 is 0 Å². The number of hydrogen-bond donors (Lipinski definition) is 1. The summed E-state index contributed by atoms with van der Waals surface area (Å²) >= 11 is 0. The summed E-state index contributed by atoms with van der Waals surface area (Å²) in [6.45, 7) is 8.91. The average molecular weight is 398 g/mol. The molecule has 3 rings (SSSR count). The van der Waals surface area contributed by atoms with Crippen LogP contribution in [0.25, 0.3) is 0 Å². The number of carbonyl (C=O) groups is 1. The molecule has 0 saturated carbocycles. The molecule has 1 amide bonds. The number of rotatable bonds is 8. The predicted octanol–water partition coefficient (Wildman–Crippen LogP) is 3.46. The normalized spacial score (nSPS) is 15.2. The predicted molar refractivity (Wildman–Crippen MR) is 115 cm³/mol. The van der Waals surface area contributed by atoms with Gasteiger partial charge >= 0.3 is 0 Å². The highest BCUT2D eigenvalue weighted by atomic mass is 16.5. The van der Waals surface area contributed by atoms with Crippen molar-refractivity contribution in [2.45, 2.75) is 45.8 Å². The van der Waals surface area contributed by atoms with E-state index in [1.807, 2.05) is 45.0 Å². The fourth-order valence-corrected chi connectivity index (χ4v) is 3.37. The maximum atomic E-state index is 12.9. The molecular formula is C23H31N3O3. The molecule has 0 radical (unpaired) electrons. The Bertz CT molecular complexity index is 786. The third-order valence-electron chi connectivity index (χ3n) is 4.88. The summed E-state index contributed by atoms with van der Waals surface area (Å²) < 4.78 is 11.1. The van der Waals surface area contributed by atoms with Gasteiger partial charge in [-0.3, -0.25) is 4.79 Å². The van der Waals surface area contributed by atoms with Crippen molar-refractivity contribution in [2.75, 3.05) is 31.2 Å². The second kappa shape index (κ2) is 10.3. The van der Waals surface area contributed by atoms with E-state index in [9.17, 15) is 4.79 Å². The Morgan fingerprint density at radius 2 is 1.90 bits per heavy atom. The summed E-state index contributed by atoms with van der Waals surface area (Å²) in [6, 6.07) is 11.9. The lowest BCUT2D eigenvalue weighted by molar-refractivity contribution is 0.0936. The highest BCUT2D eigenvalue weighted by Crippen LogP contribution is 2.19. The topological polar surface area (TPSA) is 63.7 Å². The highest BCUT2D eigenvalue weighted by Gasteiger charge is 2.20. The number of ether oxygens (including phenoxy) is 2. The summed E-state index contributed by atoms with van der Waals surface area (Å²) in [5.41, 5.74) is 1.86. The SMILES string of the molecule is CC(CCc1ccc(OC(C)C)cc1)NC(=O)c1cccnc1N1CCOCC1. The van der Waals surface area contributed by atoms with E-state index in [4.69, 9.17) is 9.47 Å². The third-order valence-corrected chi connectivity index (χ3v) is 4.88. The first-order chi connectivity index (χ1) is 14.0. The maximum absolute atomic E-state index is 12.9. The second-order valence-corrected chi connectivity index (χ2v) is 7.70. The molecule has 156 valence electrons. The molecule has 29 heavy (non-hydrogen) atoms. The first-order valence-corrected chi connectivity index (χ1v) is 10.4. The first kappa shape index (κ1) is 21.1. The molecule has 2 aromatic rings. The van der Waals surface area contributed by atoms with Gasteiger partial charge in [-0.15, -0.1) is 0 Å². The van der Waals surface area contributed by atoms with E-state index >= 15 is 0 Å². The van der Waals surface area contributed by atoms with Crippen LogP contribution in [0.3, 0.4) is 0 Å². The average Bonchev–Trinajstić information content (AvgIpc) is 2.73. The van der Waals surface area contributed by atoms with Crippen LogP contribution >= 0.6 is 0 Å². The molecule has 1 N–H and O–H groups in total. The van der Waals surface area contributed by atoms with Gasteiger partial charge in [-0.25, -0.2) is 4.98 Å².